The number of nitrogens with one attached hydrogen (secondary N) is 1. The molecule has 116 valence electrons. The molecule has 0 spiro atoms. The second kappa shape index (κ2) is 7.24. The van der Waals surface area contributed by atoms with E-state index in [9.17, 15) is 14.3 Å². The van der Waals surface area contributed by atoms with E-state index in [1.54, 1.807) is 25.1 Å². The fraction of sp³-hybridized carbons (Fsp3) is 0.533. The van der Waals surface area contributed by atoms with Gasteiger partial charge in [-0.25, -0.2) is 4.39 Å². The number of carbonyl (C=O) groups is 1. The zero-order valence-corrected chi connectivity index (χ0v) is 12.8. The zero-order chi connectivity index (χ0) is 15.3. The average molecular weight is 313 g/mol. The molecule has 1 amide bonds. The maximum atomic E-state index is 13.4. The number of ether oxygens (including phenoxy) is 1. The fourth-order valence-electron chi connectivity index (χ4n) is 2.16. The van der Waals surface area contributed by atoms with Crippen molar-refractivity contribution in [3.8, 4) is 0 Å². The fourth-order valence-corrected chi connectivity index (χ4v) is 3.05. The molecule has 1 heterocycles. The SMILES string of the molecule is CC1OCCC1(O)CNC(=O)CCSc1ccccc1F. The number of benzene rings is 1. The molecule has 1 aromatic rings. The molecular formula is C15H20FNO3S. The summed E-state index contributed by atoms with van der Waals surface area (Å²) in [6.07, 6.45) is 0.536. The molecule has 0 aliphatic carbocycles. The first kappa shape index (κ1) is 16.3. The van der Waals surface area contributed by atoms with Crippen LogP contribution in [0.5, 0.6) is 0 Å². The smallest absolute Gasteiger partial charge is 0.220 e. The van der Waals surface area contributed by atoms with Crippen molar-refractivity contribution in [3.05, 3.63) is 30.1 Å². The van der Waals surface area contributed by atoms with Gasteiger partial charge in [0, 0.05) is 36.6 Å². The number of carbonyl (C=O) groups excluding carboxylic acids is 1. The van der Waals surface area contributed by atoms with Gasteiger partial charge < -0.3 is 15.2 Å². The van der Waals surface area contributed by atoms with Crippen molar-refractivity contribution in [2.45, 2.75) is 36.4 Å². The van der Waals surface area contributed by atoms with Crippen molar-refractivity contribution < 1.29 is 19.0 Å². The number of halogens is 1. The molecule has 0 saturated carbocycles. The summed E-state index contributed by atoms with van der Waals surface area (Å²) in [5.74, 6) is 0.0811. The Morgan fingerprint density at radius 1 is 1.57 bits per heavy atom. The number of amides is 1. The molecule has 6 heteroatoms. The molecule has 1 aliphatic heterocycles. The molecule has 21 heavy (non-hydrogen) atoms. The maximum absolute atomic E-state index is 13.4. The lowest BCUT2D eigenvalue weighted by Gasteiger charge is -2.26. The minimum atomic E-state index is -0.978. The Hall–Kier alpha value is -1.11. The molecular weight excluding hydrogens is 293 g/mol. The average Bonchev–Trinajstić information content (AvgIpc) is 2.79. The summed E-state index contributed by atoms with van der Waals surface area (Å²) in [5.41, 5.74) is -0.978. The number of rotatable bonds is 6. The van der Waals surface area contributed by atoms with Crippen LogP contribution < -0.4 is 5.32 Å². The van der Waals surface area contributed by atoms with E-state index < -0.39 is 5.60 Å². The Morgan fingerprint density at radius 2 is 2.33 bits per heavy atom. The van der Waals surface area contributed by atoms with Gasteiger partial charge in [-0.05, 0) is 19.1 Å². The predicted molar refractivity (Wildman–Crippen MR) is 79.7 cm³/mol. The van der Waals surface area contributed by atoms with E-state index in [1.165, 1.54) is 17.8 Å². The van der Waals surface area contributed by atoms with Crippen LogP contribution >= 0.6 is 11.8 Å². The van der Waals surface area contributed by atoms with Gasteiger partial charge >= 0.3 is 0 Å². The van der Waals surface area contributed by atoms with Crippen molar-refractivity contribution in [2.75, 3.05) is 18.9 Å². The predicted octanol–water partition coefficient (Wildman–Crippen LogP) is 1.96. The van der Waals surface area contributed by atoms with Crippen LogP contribution in [0.1, 0.15) is 19.8 Å². The highest BCUT2D eigenvalue weighted by Crippen LogP contribution is 2.25. The first-order chi connectivity index (χ1) is 10.0. The molecule has 2 rings (SSSR count). The standard InChI is InChI=1S/C15H20FNO3S/c1-11-15(19,7-8-20-11)10-17-14(18)6-9-21-13-5-3-2-4-12(13)16/h2-5,11,19H,6-10H2,1H3,(H,17,18). The quantitative estimate of drug-likeness (QED) is 0.788. The monoisotopic (exact) mass is 313 g/mol. The first-order valence-corrected chi connectivity index (χ1v) is 7.98. The van der Waals surface area contributed by atoms with E-state index in [2.05, 4.69) is 5.32 Å². The van der Waals surface area contributed by atoms with E-state index in [-0.39, 0.29) is 30.8 Å². The van der Waals surface area contributed by atoms with Gasteiger partial charge in [-0.3, -0.25) is 4.79 Å². The van der Waals surface area contributed by atoms with Crippen molar-refractivity contribution in [1.29, 1.82) is 0 Å². The van der Waals surface area contributed by atoms with E-state index in [0.717, 1.165) is 0 Å². The summed E-state index contributed by atoms with van der Waals surface area (Å²) >= 11 is 1.31. The molecule has 1 aromatic carbocycles. The lowest BCUT2D eigenvalue weighted by molar-refractivity contribution is -0.122. The summed E-state index contributed by atoms with van der Waals surface area (Å²) < 4.78 is 18.7. The van der Waals surface area contributed by atoms with Gasteiger partial charge in [-0.1, -0.05) is 12.1 Å². The van der Waals surface area contributed by atoms with Gasteiger partial charge in [0.15, 0.2) is 0 Å². The van der Waals surface area contributed by atoms with Gasteiger partial charge in [0.1, 0.15) is 11.4 Å². The molecule has 1 saturated heterocycles. The molecule has 1 aliphatic rings. The van der Waals surface area contributed by atoms with Crippen LogP contribution in [0, 0.1) is 5.82 Å². The Balaban J connectivity index is 1.70. The van der Waals surface area contributed by atoms with E-state index >= 15 is 0 Å². The lowest BCUT2D eigenvalue weighted by Crippen LogP contribution is -2.47. The molecule has 0 aromatic heterocycles. The molecule has 0 radical (unpaired) electrons. The minimum Gasteiger partial charge on any atom is -0.385 e. The third-order valence-corrected chi connectivity index (χ3v) is 4.72. The number of hydrogen-bond acceptors (Lipinski definition) is 4. The number of aliphatic hydroxyl groups is 1. The van der Waals surface area contributed by atoms with Gasteiger partial charge in [-0.2, -0.15) is 0 Å². The van der Waals surface area contributed by atoms with Crippen LogP contribution in [0.2, 0.25) is 0 Å². The second-order valence-electron chi connectivity index (χ2n) is 5.17. The summed E-state index contributed by atoms with van der Waals surface area (Å²) in [4.78, 5) is 12.3. The van der Waals surface area contributed by atoms with Crippen molar-refractivity contribution in [1.82, 2.24) is 5.32 Å². The largest absolute Gasteiger partial charge is 0.385 e. The molecule has 4 nitrogen and oxygen atoms in total. The molecule has 0 bridgehead atoms. The second-order valence-corrected chi connectivity index (χ2v) is 6.31. The Labute approximate surface area is 128 Å². The Kier molecular flexibility index (Phi) is 5.61. The third-order valence-electron chi connectivity index (χ3n) is 3.67. The lowest BCUT2D eigenvalue weighted by atomic mass is 9.97. The third kappa shape index (κ3) is 4.43. The summed E-state index contributed by atoms with van der Waals surface area (Å²) in [6, 6.07) is 6.50. The van der Waals surface area contributed by atoms with Gasteiger partial charge in [0.25, 0.3) is 0 Å². The Morgan fingerprint density at radius 3 is 3.00 bits per heavy atom. The summed E-state index contributed by atoms with van der Waals surface area (Å²) in [6.45, 7) is 2.50. The maximum Gasteiger partial charge on any atom is 0.220 e. The summed E-state index contributed by atoms with van der Waals surface area (Å²) in [7, 11) is 0. The van der Waals surface area contributed by atoms with Crippen molar-refractivity contribution in [2.24, 2.45) is 0 Å². The van der Waals surface area contributed by atoms with E-state index in [0.29, 0.717) is 23.7 Å². The Bertz CT molecular complexity index is 500. The van der Waals surface area contributed by atoms with Crippen LogP contribution in [0.15, 0.2) is 29.2 Å². The number of hydrogen-bond donors (Lipinski definition) is 2. The van der Waals surface area contributed by atoms with Gasteiger partial charge in [0.2, 0.25) is 5.91 Å². The van der Waals surface area contributed by atoms with Crippen LogP contribution in [0.3, 0.4) is 0 Å². The molecule has 2 N–H and O–H groups in total. The van der Waals surface area contributed by atoms with Crippen LogP contribution in [-0.4, -0.2) is 41.6 Å². The minimum absolute atomic E-state index is 0.147. The van der Waals surface area contributed by atoms with Crippen LogP contribution in [0.4, 0.5) is 4.39 Å². The normalized spacial score (nSPS) is 25.0. The topological polar surface area (TPSA) is 58.6 Å². The van der Waals surface area contributed by atoms with Crippen LogP contribution in [0.25, 0.3) is 0 Å². The van der Waals surface area contributed by atoms with Gasteiger partial charge in [-0.15, -0.1) is 11.8 Å². The highest BCUT2D eigenvalue weighted by atomic mass is 32.2. The van der Waals surface area contributed by atoms with Crippen molar-refractivity contribution in [3.63, 3.8) is 0 Å². The van der Waals surface area contributed by atoms with Gasteiger partial charge in [0.05, 0.1) is 6.10 Å². The van der Waals surface area contributed by atoms with Crippen LogP contribution in [-0.2, 0) is 9.53 Å². The summed E-state index contributed by atoms with van der Waals surface area (Å²) in [5, 5.41) is 13.0. The highest BCUT2D eigenvalue weighted by molar-refractivity contribution is 7.99. The highest BCUT2D eigenvalue weighted by Gasteiger charge is 2.39. The molecule has 2 atom stereocenters. The molecule has 2 unspecified atom stereocenters. The van der Waals surface area contributed by atoms with E-state index in [4.69, 9.17) is 4.74 Å². The zero-order valence-electron chi connectivity index (χ0n) is 12.0. The number of thioether (sulfide) groups is 1. The van der Waals surface area contributed by atoms with E-state index in [1.807, 2.05) is 0 Å². The molecule has 1 fully saturated rings. The first-order valence-electron chi connectivity index (χ1n) is 6.99. The van der Waals surface area contributed by atoms with Crippen molar-refractivity contribution >= 4 is 17.7 Å².